The molecule has 0 saturated carbocycles. The van der Waals surface area contributed by atoms with E-state index in [9.17, 15) is 14.0 Å². The Kier molecular flexibility index (Phi) is 6.30. The quantitative estimate of drug-likeness (QED) is 0.704. The molecule has 21 heavy (non-hydrogen) atoms. The van der Waals surface area contributed by atoms with Crippen molar-refractivity contribution in [2.75, 3.05) is 0 Å². The summed E-state index contributed by atoms with van der Waals surface area (Å²) >= 11 is 0. The average Bonchev–Trinajstić information content (AvgIpc) is 2.42. The van der Waals surface area contributed by atoms with E-state index >= 15 is 0 Å². The second-order valence-electron chi connectivity index (χ2n) is 5.33. The molecule has 1 rings (SSSR count). The van der Waals surface area contributed by atoms with E-state index in [0.29, 0.717) is 5.56 Å². The first-order valence-corrected chi connectivity index (χ1v) is 6.91. The van der Waals surface area contributed by atoms with Crippen molar-refractivity contribution in [1.82, 2.24) is 5.32 Å². The van der Waals surface area contributed by atoms with Crippen molar-refractivity contribution < 1.29 is 14.0 Å². The number of carbonyl (C=O) groups excluding carboxylic acids is 2. The van der Waals surface area contributed by atoms with Crippen molar-refractivity contribution in [3.8, 4) is 0 Å². The molecule has 1 unspecified atom stereocenters. The predicted molar refractivity (Wildman–Crippen MR) is 78.7 cm³/mol. The normalized spacial score (nSPS) is 12.2. The minimum absolute atomic E-state index is 0.0477. The lowest BCUT2D eigenvalue weighted by Gasteiger charge is -2.13. The van der Waals surface area contributed by atoms with Crippen molar-refractivity contribution >= 4 is 11.8 Å². The Morgan fingerprint density at radius 1 is 1.33 bits per heavy atom. The molecule has 6 heteroatoms. The van der Waals surface area contributed by atoms with Gasteiger partial charge < -0.3 is 16.8 Å². The maximum atomic E-state index is 13.9. The molecule has 1 atom stereocenters. The highest BCUT2D eigenvalue weighted by Gasteiger charge is 2.15. The van der Waals surface area contributed by atoms with E-state index in [1.807, 2.05) is 19.9 Å². The summed E-state index contributed by atoms with van der Waals surface area (Å²) in [4.78, 5) is 22.3. The van der Waals surface area contributed by atoms with Crippen molar-refractivity contribution in [3.63, 3.8) is 0 Å². The van der Waals surface area contributed by atoms with Crippen LogP contribution in [0.5, 0.6) is 0 Å². The van der Waals surface area contributed by atoms with E-state index in [4.69, 9.17) is 11.5 Å². The Bertz CT molecular complexity index is 518. The van der Waals surface area contributed by atoms with Crippen molar-refractivity contribution in [1.29, 1.82) is 0 Å². The number of hydrogen-bond acceptors (Lipinski definition) is 3. The van der Waals surface area contributed by atoms with Crippen LogP contribution in [0, 0.1) is 5.82 Å². The fourth-order valence-electron chi connectivity index (χ4n) is 1.81. The molecular formula is C15H22FN3O2. The molecule has 0 radical (unpaired) electrons. The summed E-state index contributed by atoms with van der Waals surface area (Å²) in [7, 11) is 0. The molecule has 0 aliphatic rings. The second-order valence-corrected chi connectivity index (χ2v) is 5.33. The molecule has 5 N–H and O–H groups in total. The number of primary amides is 1. The summed E-state index contributed by atoms with van der Waals surface area (Å²) in [5.41, 5.74) is 11.9. The number of nitrogens with one attached hydrogen (secondary N) is 1. The lowest BCUT2D eigenvalue weighted by molar-refractivity contribution is -0.123. The largest absolute Gasteiger partial charge is 0.370 e. The molecule has 0 saturated heterocycles. The van der Waals surface area contributed by atoms with Crippen LogP contribution in [0.2, 0.25) is 0 Å². The number of benzene rings is 1. The zero-order valence-electron chi connectivity index (χ0n) is 12.4. The summed E-state index contributed by atoms with van der Waals surface area (Å²) in [5.74, 6) is -1.05. The van der Waals surface area contributed by atoms with Crippen LogP contribution >= 0.6 is 0 Å². The Morgan fingerprint density at radius 2 is 2.00 bits per heavy atom. The monoisotopic (exact) mass is 295 g/mol. The van der Waals surface area contributed by atoms with Gasteiger partial charge in [-0.2, -0.15) is 0 Å². The molecule has 2 amide bonds. The number of halogens is 1. The standard InChI is InChI=1S/C15H22FN3O2/c1-9(2)10-3-4-11(12(16)7-10)8-19-15(21)13(17)5-6-14(18)20/h3-4,7,9,13H,5-6,8,17H2,1-2H3,(H2,18,20)(H,19,21). The van der Waals surface area contributed by atoms with Gasteiger partial charge in [0.2, 0.25) is 11.8 Å². The molecule has 5 nitrogen and oxygen atoms in total. The van der Waals surface area contributed by atoms with Crippen LogP contribution in [0.4, 0.5) is 4.39 Å². The molecule has 0 fully saturated rings. The van der Waals surface area contributed by atoms with E-state index in [2.05, 4.69) is 5.32 Å². The number of amides is 2. The summed E-state index contributed by atoms with van der Waals surface area (Å²) < 4.78 is 13.9. The Balaban J connectivity index is 2.55. The van der Waals surface area contributed by atoms with Crippen LogP contribution in [0.1, 0.15) is 43.7 Å². The maximum Gasteiger partial charge on any atom is 0.237 e. The predicted octanol–water partition coefficient (Wildman–Crippen LogP) is 1.16. The molecule has 0 aliphatic carbocycles. The number of rotatable bonds is 7. The van der Waals surface area contributed by atoms with Crippen LogP contribution < -0.4 is 16.8 Å². The average molecular weight is 295 g/mol. The Hall–Kier alpha value is -1.95. The lowest BCUT2D eigenvalue weighted by Crippen LogP contribution is -2.40. The summed E-state index contributed by atoms with van der Waals surface area (Å²) in [5, 5.41) is 2.56. The van der Waals surface area contributed by atoms with E-state index in [1.165, 1.54) is 6.07 Å². The molecule has 116 valence electrons. The summed E-state index contributed by atoms with van der Waals surface area (Å²) in [6.45, 7) is 4.02. The highest BCUT2D eigenvalue weighted by molar-refractivity contribution is 5.82. The maximum absolute atomic E-state index is 13.9. The van der Waals surface area contributed by atoms with Crippen molar-refractivity contribution in [2.24, 2.45) is 11.5 Å². The second kappa shape index (κ2) is 7.73. The third kappa shape index (κ3) is 5.51. The summed E-state index contributed by atoms with van der Waals surface area (Å²) in [6, 6.07) is 4.14. The van der Waals surface area contributed by atoms with E-state index in [-0.39, 0.29) is 31.1 Å². The van der Waals surface area contributed by atoms with Crippen LogP contribution in [0.3, 0.4) is 0 Å². The van der Waals surface area contributed by atoms with E-state index in [0.717, 1.165) is 5.56 Å². The SMILES string of the molecule is CC(C)c1ccc(CNC(=O)C(N)CCC(N)=O)c(F)c1. The van der Waals surface area contributed by atoms with Gasteiger partial charge in [-0.15, -0.1) is 0 Å². The minimum Gasteiger partial charge on any atom is -0.370 e. The summed E-state index contributed by atoms with van der Waals surface area (Å²) in [6.07, 6.45) is 0.224. The number of carbonyl (C=O) groups is 2. The van der Waals surface area contributed by atoms with Crippen molar-refractivity contribution in [3.05, 3.63) is 35.1 Å². The fraction of sp³-hybridized carbons (Fsp3) is 0.467. The first-order chi connectivity index (χ1) is 9.81. The highest BCUT2D eigenvalue weighted by atomic mass is 19.1. The minimum atomic E-state index is -0.824. The van der Waals surface area contributed by atoms with Gasteiger partial charge in [0.1, 0.15) is 5.82 Å². The molecule has 0 heterocycles. The molecule has 0 bridgehead atoms. The van der Waals surface area contributed by atoms with Crippen molar-refractivity contribution in [2.45, 2.75) is 45.2 Å². The van der Waals surface area contributed by atoms with Gasteiger partial charge in [-0.1, -0.05) is 26.0 Å². The number of hydrogen-bond donors (Lipinski definition) is 3. The molecular weight excluding hydrogens is 273 g/mol. The number of nitrogens with two attached hydrogens (primary N) is 2. The van der Waals surface area contributed by atoms with Gasteiger partial charge in [0.15, 0.2) is 0 Å². The topological polar surface area (TPSA) is 98.2 Å². The Morgan fingerprint density at radius 3 is 2.52 bits per heavy atom. The lowest BCUT2D eigenvalue weighted by atomic mass is 10.0. The van der Waals surface area contributed by atoms with Gasteiger partial charge in [-0.25, -0.2) is 4.39 Å². The molecule has 1 aromatic rings. The van der Waals surface area contributed by atoms with Crippen LogP contribution in [-0.2, 0) is 16.1 Å². The fourth-order valence-corrected chi connectivity index (χ4v) is 1.81. The van der Waals surface area contributed by atoms with E-state index < -0.39 is 17.9 Å². The zero-order chi connectivity index (χ0) is 16.0. The third-order valence-corrected chi connectivity index (χ3v) is 3.24. The van der Waals surface area contributed by atoms with Crippen LogP contribution in [0.15, 0.2) is 18.2 Å². The molecule has 0 aromatic heterocycles. The van der Waals surface area contributed by atoms with Gasteiger partial charge in [0.05, 0.1) is 6.04 Å². The van der Waals surface area contributed by atoms with Gasteiger partial charge >= 0.3 is 0 Å². The molecule has 0 spiro atoms. The third-order valence-electron chi connectivity index (χ3n) is 3.24. The van der Waals surface area contributed by atoms with Gasteiger partial charge in [-0.05, 0) is 24.0 Å². The van der Waals surface area contributed by atoms with Gasteiger partial charge in [0.25, 0.3) is 0 Å². The van der Waals surface area contributed by atoms with Gasteiger partial charge in [-0.3, -0.25) is 9.59 Å². The first kappa shape index (κ1) is 17.1. The Labute approximate surface area is 123 Å². The van der Waals surface area contributed by atoms with E-state index in [1.54, 1.807) is 6.07 Å². The van der Waals surface area contributed by atoms with Crippen LogP contribution in [-0.4, -0.2) is 17.9 Å². The first-order valence-electron chi connectivity index (χ1n) is 6.91. The smallest absolute Gasteiger partial charge is 0.237 e. The zero-order valence-corrected chi connectivity index (χ0v) is 12.4. The van der Waals surface area contributed by atoms with Crippen LogP contribution in [0.25, 0.3) is 0 Å². The molecule has 0 aliphatic heterocycles. The van der Waals surface area contributed by atoms with Gasteiger partial charge in [0, 0.05) is 18.5 Å². The molecule has 1 aromatic carbocycles. The highest BCUT2D eigenvalue weighted by Crippen LogP contribution is 2.17.